The van der Waals surface area contributed by atoms with Crippen molar-refractivity contribution in [2.24, 2.45) is 0 Å². The Hall–Kier alpha value is -4.05. The number of aromatic nitrogens is 1. The highest BCUT2D eigenvalue weighted by Crippen LogP contribution is 2.34. The number of amides is 3. The second-order valence-corrected chi connectivity index (χ2v) is 11.3. The van der Waals surface area contributed by atoms with Crippen molar-refractivity contribution < 1.29 is 23.9 Å². The van der Waals surface area contributed by atoms with Crippen molar-refractivity contribution in [2.75, 3.05) is 18.5 Å². The summed E-state index contributed by atoms with van der Waals surface area (Å²) in [5, 5.41) is 3.80. The molecule has 0 saturated carbocycles. The molecule has 0 aliphatic carbocycles. The number of rotatable bonds is 9. The number of hydrogen-bond donors (Lipinski definition) is 1. The lowest BCUT2D eigenvalue weighted by Crippen LogP contribution is -2.36. The highest BCUT2D eigenvalue weighted by atomic mass is 35.5. The number of carbonyl (C=O) groups excluding carboxylic acids is 4. The van der Waals surface area contributed by atoms with Crippen LogP contribution >= 0.6 is 35.0 Å². The van der Waals surface area contributed by atoms with Gasteiger partial charge in [0, 0.05) is 39.9 Å². The second-order valence-electron chi connectivity index (χ2n) is 9.47. The first-order valence-corrected chi connectivity index (χ1v) is 14.7. The van der Waals surface area contributed by atoms with E-state index in [1.54, 1.807) is 6.08 Å². The van der Waals surface area contributed by atoms with E-state index in [4.69, 9.17) is 27.9 Å². The molecule has 0 atom stereocenters. The third-order valence-electron chi connectivity index (χ3n) is 6.49. The molecule has 1 aliphatic rings. The molecule has 0 unspecified atom stereocenters. The molecule has 11 heteroatoms. The largest absolute Gasteiger partial charge is 0.462 e. The van der Waals surface area contributed by atoms with Crippen LogP contribution in [0, 0.1) is 0 Å². The normalized spacial score (nSPS) is 14.2. The molecule has 1 aromatic heterocycles. The number of fused-ring (bicyclic) bond motifs is 1. The number of carbonyl (C=O) groups is 4. The molecule has 0 bridgehead atoms. The number of benzene rings is 3. The smallest absolute Gasteiger partial charge is 0.339 e. The van der Waals surface area contributed by atoms with Gasteiger partial charge in [0.1, 0.15) is 6.54 Å². The number of ether oxygens (including phenoxy) is 1. The van der Waals surface area contributed by atoms with Gasteiger partial charge >= 0.3 is 5.97 Å². The Bertz CT molecular complexity index is 1750. The first-order valence-electron chi connectivity index (χ1n) is 13.1. The van der Waals surface area contributed by atoms with Gasteiger partial charge < -0.3 is 14.6 Å². The van der Waals surface area contributed by atoms with Crippen molar-refractivity contribution in [3.63, 3.8) is 0 Å². The SMILES string of the molecule is CCCOC(=O)c1cc(NC(=O)CN2C(=O)S/C(=C/c3cn(Cc4ccccc4Cl)c4ccccc34)C2=O)ccc1Cl. The van der Waals surface area contributed by atoms with Crippen LogP contribution in [0.2, 0.25) is 10.0 Å². The number of halogens is 2. The molecule has 1 aliphatic heterocycles. The lowest BCUT2D eigenvalue weighted by Gasteiger charge is -2.13. The van der Waals surface area contributed by atoms with Crippen LogP contribution in [0.3, 0.4) is 0 Å². The van der Waals surface area contributed by atoms with Crippen LogP contribution in [0.15, 0.2) is 77.8 Å². The minimum atomic E-state index is -0.609. The molecule has 214 valence electrons. The summed E-state index contributed by atoms with van der Waals surface area (Å²) in [7, 11) is 0. The number of imide groups is 1. The predicted molar refractivity (Wildman–Crippen MR) is 166 cm³/mol. The Kier molecular flexibility index (Phi) is 9.01. The van der Waals surface area contributed by atoms with Crippen LogP contribution in [0.4, 0.5) is 10.5 Å². The van der Waals surface area contributed by atoms with Gasteiger partial charge in [-0.3, -0.25) is 19.3 Å². The molecular formula is C31H25Cl2N3O5S. The average molecular weight is 623 g/mol. The van der Waals surface area contributed by atoms with Crippen LogP contribution in [-0.2, 0) is 20.9 Å². The van der Waals surface area contributed by atoms with Crippen LogP contribution < -0.4 is 5.32 Å². The Morgan fingerprint density at radius 2 is 1.76 bits per heavy atom. The number of para-hydroxylation sites is 1. The van der Waals surface area contributed by atoms with Gasteiger partial charge in [-0.25, -0.2) is 4.79 Å². The Morgan fingerprint density at radius 1 is 1.00 bits per heavy atom. The van der Waals surface area contributed by atoms with E-state index in [2.05, 4.69) is 5.32 Å². The van der Waals surface area contributed by atoms with Gasteiger partial charge in [0.15, 0.2) is 0 Å². The van der Waals surface area contributed by atoms with Gasteiger partial charge in [0.05, 0.1) is 22.1 Å². The fourth-order valence-electron chi connectivity index (χ4n) is 4.48. The van der Waals surface area contributed by atoms with Crippen molar-refractivity contribution in [2.45, 2.75) is 19.9 Å². The molecule has 0 radical (unpaired) electrons. The summed E-state index contributed by atoms with van der Waals surface area (Å²) in [5.41, 5.74) is 3.04. The molecule has 1 saturated heterocycles. The second kappa shape index (κ2) is 12.9. The number of hydrogen-bond acceptors (Lipinski definition) is 6. The zero-order chi connectivity index (χ0) is 29.8. The third-order valence-corrected chi connectivity index (χ3v) is 8.09. The zero-order valence-electron chi connectivity index (χ0n) is 22.4. The molecule has 4 aromatic rings. The fourth-order valence-corrected chi connectivity index (χ4v) is 5.70. The Labute approximate surface area is 256 Å². The molecule has 42 heavy (non-hydrogen) atoms. The standard InChI is InChI=1S/C31H25Cl2N3O5S/c1-2-13-41-30(39)23-15-21(11-12-25(23)33)34-28(37)18-36-29(38)27(42-31(36)40)14-20-17-35(26-10-6-4-8-22(20)26)16-19-7-3-5-9-24(19)32/h3-12,14-15,17H,2,13,16,18H2,1H3,(H,34,37)/b27-14+. The van der Waals surface area contributed by atoms with E-state index in [9.17, 15) is 19.2 Å². The van der Waals surface area contributed by atoms with Crippen LogP contribution in [0.1, 0.15) is 34.8 Å². The van der Waals surface area contributed by atoms with Crippen molar-refractivity contribution in [1.29, 1.82) is 0 Å². The first-order chi connectivity index (χ1) is 20.2. The van der Waals surface area contributed by atoms with Gasteiger partial charge in [-0.1, -0.05) is 66.5 Å². The van der Waals surface area contributed by atoms with Crippen molar-refractivity contribution in [1.82, 2.24) is 9.47 Å². The molecule has 1 N–H and O–H groups in total. The first kappa shape index (κ1) is 29.4. The maximum absolute atomic E-state index is 13.2. The monoisotopic (exact) mass is 621 g/mol. The molecule has 3 aromatic carbocycles. The number of anilines is 1. The third kappa shape index (κ3) is 6.38. The van der Waals surface area contributed by atoms with Crippen molar-refractivity contribution >= 4 is 80.7 Å². The van der Waals surface area contributed by atoms with E-state index in [0.717, 1.165) is 38.7 Å². The van der Waals surface area contributed by atoms with E-state index in [-0.39, 0.29) is 27.8 Å². The quantitative estimate of drug-likeness (QED) is 0.156. The van der Waals surface area contributed by atoms with E-state index >= 15 is 0 Å². The van der Waals surface area contributed by atoms with Crippen LogP contribution in [-0.4, -0.2) is 45.6 Å². The Morgan fingerprint density at radius 3 is 2.55 bits per heavy atom. The van der Waals surface area contributed by atoms with Gasteiger partial charge in [0.2, 0.25) is 5.91 Å². The molecular weight excluding hydrogens is 597 g/mol. The summed E-state index contributed by atoms with van der Waals surface area (Å²) in [6, 6.07) is 19.7. The van der Waals surface area contributed by atoms with Crippen LogP contribution in [0.25, 0.3) is 17.0 Å². The maximum Gasteiger partial charge on any atom is 0.339 e. The zero-order valence-corrected chi connectivity index (χ0v) is 24.8. The molecule has 8 nitrogen and oxygen atoms in total. The van der Waals surface area contributed by atoms with E-state index in [1.165, 1.54) is 18.2 Å². The lowest BCUT2D eigenvalue weighted by atomic mass is 10.1. The highest BCUT2D eigenvalue weighted by molar-refractivity contribution is 8.18. The van der Waals surface area contributed by atoms with E-state index < -0.39 is 29.6 Å². The Balaban J connectivity index is 1.32. The van der Waals surface area contributed by atoms with Gasteiger partial charge in [-0.2, -0.15) is 0 Å². The number of nitrogens with one attached hydrogen (secondary N) is 1. The topological polar surface area (TPSA) is 97.7 Å². The number of nitrogens with zero attached hydrogens (tertiary/aromatic N) is 2. The van der Waals surface area contributed by atoms with Crippen molar-refractivity contribution in [3.8, 4) is 0 Å². The van der Waals surface area contributed by atoms with Crippen molar-refractivity contribution in [3.05, 3.63) is 105 Å². The summed E-state index contributed by atoms with van der Waals surface area (Å²) in [6.07, 6.45) is 4.23. The van der Waals surface area contributed by atoms with Crippen LogP contribution in [0.5, 0.6) is 0 Å². The van der Waals surface area contributed by atoms with Gasteiger partial charge in [0.25, 0.3) is 11.1 Å². The van der Waals surface area contributed by atoms with E-state index in [1.807, 2.05) is 66.2 Å². The summed E-state index contributed by atoms with van der Waals surface area (Å²) < 4.78 is 7.17. The molecule has 1 fully saturated rings. The minimum Gasteiger partial charge on any atom is -0.462 e. The van der Waals surface area contributed by atoms with Gasteiger partial charge in [-0.05, 0) is 60.2 Å². The molecule has 3 amide bonds. The molecule has 0 spiro atoms. The summed E-state index contributed by atoms with van der Waals surface area (Å²) >= 11 is 13.3. The average Bonchev–Trinajstić information content (AvgIpc) is 3.45. The summed E-state index contributed by atoms with van der Waals surface area (Å²) in [5.74, 6) is -1.78. The molecule has 5 rings (SSSR count). The fraction of sp³-hybridized carbons (Fsp3) is 0.161. The number of esters is 1. The molecule has 2 heterocycles. The lowest BCUT2D eigenvalue weighted by molar-refractivity contribution is -0.127. The maximum atomic E-state index is 13.2. The summed E-state index contributed by atoms with van der Waals surface area (Å²) in [4.78, 5) is 52.1. The predicted octanol–water partition coefficient (Wildman–Crippen LogP) is 7.24. The van der Waals surface area contributed by atoms with E-state index in [0.29, 0.717) is 18.0 Å². The minimum absolute atomic E-state index is 0.103. The highest BCUT2D eigenvalue weighted by Gasteiger charge is 2.36. The number of thioether (sulfide) groups is 1. The van der Waals surface area contributed by atoms with Gasteiger partial charge in [-0.15, -0.1) is 0 Å². The summed E-state index contributed by atoms with van der Waals surface area (Å²) in [6.45, 7) is 2.14.